The Morgan fingerprint density at radius 1 is 0.913 bits per heavy atom. The Kier molecular flexibility index (Phi) is 7.29. The van der Waals surface area contributed by atoms with E-state index >= 15 is 0 Å². The zero-order valence-corrected chi connectivity index (χ0v) is 16.1. The maximum Gasteiger partial charge on any atom is 0.225 e. The lowest BCUT2D eigenvalue weighted by Crippen LogP contribution is -2.41. The van der Waals surface area contributed by atoms with Crippen LogP contribution in [0.15, 0.2) is 0 Å². The van der Waals surface area contributed by atoms with Crippen molar-refractivity contribution in [3.8, 4) is 0 Å². The molecule has 1 aliphatic carbocycles. The maximum absolute atomic E-state index is 12.6. The third-order valence-electron chi connectivity index (χ3n) is 6.43. The van der Waals surface area contributed by atoms with Gasteiger partial charge in [-0.25, -0.2) is 0 Å². The molecule has 1 N–H and O–H groups in total. The Morgan fingerprint density at radius 3 is 1.87 bits per heavy atom. The minimum atomic E-state index is -0.238. The van der Waals surface area contributed by atoms with E-state index < -0.39 is 0 Å². The number of amides is 1. The predicted molar refractivity (Wildman–Crippen MR) is 96.2 cm³/mol. The second kappa shape index (κ2) is 8.30. The van der Waals surface area contributed by atoms with E-state index in [0.717, 1.165) is 51.5 Å². The molecule has 134 valence electrons. The Balaban J connectivity index is 2.43. The lowest BCUT2D eigenvalue weighted by atomic mass is 9.72. The van der Waals surface area contributed by atoms with E-state index in [0.29, 0.717) is 11.7 Å². The van der Waals surface area contributed by atoms with Gasteiger partial charge in [0.05, 0.1) is 0 Å². The number of carbonyl (C=O) groups is 2. The highest BCUT2D eigenvalue weighted by molar-refractivity contribution is 5.86. The second-order valence-electron chi connectivity index (χ2n) is 8.30. The van der Waals surface area contributed by atoms with Crippen LogP contribution in [0.3, 0.4) is 0 Å². The molecule has 0 aliphatic heterocycles. The highest BCUT2D eigenvalue weighted by atomic mass is 16.2. The molecule has 3 heteroatoms. The summed E-state index contributed by atoms with van der Waals surface area (Å²) in [5.41, 5.74) is -0.423. The van der Waals surface area contributed by atoms with Gasteiger partial charge in [-0.2, -0.15) is 0 Å². The summed E-state index contributed by atoms with van der Waals surface area (Å²) in [7, 11) is 0. The highest BCUT2D eigenvalue weighted by Crippen LogP contribution is 2.35. The monoisotopic (exact) mass is 323 g/mol. The van der Waals surface area contributed by atoms with E-state index in [2.05, 4.69) is 39.9 Å². The van der Waals surface area contributed by atoms with E-state index in [1.807, 2.05) is 6.92 Å². The first-order valence-corrected chi connectivity index (χ1v) is 9.52. The summed E-state index contributed by atoms with van der Waals surface area (Å²) in [6, 6.07) is 0. The van der Waals surface area contributed by atoms with Crippen molar-refractivity contribution in [3.05, 3.63) is 0 Å². The van der Waals surface area contributed by atoms with Crippen LogP contribution < -0.4 is 5.32 Å². The molecule has 0 aromatic rings. The van der Waals surface area contributed by atoms with Crippen molar-refractivity contribution >= 4 is 11.7 Å². The molecule has 0 heterocycles. The van der Waals surface area contributed by atoms with Crippen LogP contribution in [0.2, 0.25) is 0 Å². The van der Waals surface area contributed by atoms with Crippen LogP contribution in [0.4, 0.5) is 0 Å². The van der Waals surface area contributed by atoms with Crippen molar-refractivity contribution < 1.29 is 9.59 Å². The molecule has 1 amide bonds. The number of rotatable bonds is 8. The highest BCUT2D eigenvalue weighted by Gasteiger charge is 2.35. The molecule has 1 rings (SSSR count). The number of carbonyl (C=O) groups excluding carboxylic acids is 2. The van der Waals surface area contributed by atoms with Crippen LogP contribution in [-0.2, 0) is 9.59 Å². The van der Waals surface area contributed by atoms with Crippen LogP contribution in [0.25, 0.3) is 0 Å². The maximum atomic E-state index is 12.6. The third-order valence-corrected chi connectivity index (χ3v) is 6.43. The van der Waals surface area contributed by atoms with Gasteiger partial charge in [0.1, 0.15) is 5.78 Å². The van der Waals surface area contributed by atoms with E-state index in [-0.39, 0.29) is 22.7 Å². The molecule has 0 saturated heterocycles. The normalized spacial score (nSPS) is 22.7. The quantitative estimate of drug-likeness (QED) is 0.701. The van der Waals surface area contributed by atoms with Crippen LogP contribution >= 0.6 is 0 Å². The van der Waals surface area contributed by atoms with Crippen LogP contribution in [0.5, 0.6) is 0 Å². The van der Waals surface area contributed by atoms with Gasteiger partial charge in [-0.15, -0.1) is 0 Å². The minimum absolute atomic E-state index is 0.185. The summed E-state index contributed by atoms with van der Waals surface area (Å²) in [4.78, 5) is 24.9. The van der Waals surface area contributed by atoms with Crippen LogP contribution in [0, 0.1) is 22.7 Å². The fourth-order valence-corrected chi connectivity index (χ4v) is 3.38. The molecule has 0 atom stereocenters. The van der Waals surface area contributed by atoms with E-state index in [9.17, 15) is 9.59 Å². The lowest BCUT2D eigenvalue weighted by Gasteiger charge is -2.33. The molecular weight excluding hydrogens is 286 g/mol. The number of Topliss-reactive ketones (excluding diaryl/α,β-unsaturated/α-hetero) is 1. The first-order valence-electron chi connectivity index (χ1n) is 9.52. The predicted octanol–water partition coefficient (Wildman–Crippen LogP) is 4.74. The average Bonchev–Trinajstić information content (AvgIpc) is 2.58. The van der Waals surface area contributed by atoms with Crippen molar-refractivity contribution in [2.75, 3.05) is 6.54 Å². The Bertz CT molecular complexity index is 402. The van der Waals surface area contributed by atoms with Gasteiger partial charge in [0, 0.05) is 23.3 Å². The molecule has 1 saturated carbocycles. The third kappa shape index (κ3) is 5.06. The Morgan fingerprint density at radius 2 is 1.43 bits per heavy atom. The van der Waals surface area contributed by atoms with Gasteiger partial charge in [-0.1, -0.05) is 41.5 Å². The topological polar surface area (TPSA) is 46.2 Å². The van der Waals surface area contributed by atoms with Gasteiger partial charge < -0.3 is 5.32 Å². The molecule has 1 fully saturated rings. The summed E-state index contributed by atoms with van der Waals surface area (Å²) in [6.07, 6.45) is 6.76. The largest absolute Gasteiger partial charge is 0.355 e. The number of nitrogens with one attached hydrogen (secondary N) is 1. The molecule has 0 aromatic heterocycles. The zero-order valence-electron chi connectivity index (χ0n) is 16.1. The van der Waals surface area contributed by atoms with Gasteiger partial charge in [0.15, 0.2) is 0 Å². The first kappa shape index (κ1) is 20.2. The van der Waals surface area contributed by atoms with Gasteiger partial charge in [0.2, 0.25) is 5.91 Å². The summed E-state index contributed by atoms with van der Waals surface area (Å²) in [5.74, 6) is 1.39. The van der Waals surface area contributed by atoms with Crippen molar-refractivity contribution in [1.29, 1.82) is 0 Å². The fourth-order valence-electron chi connectivity index (χ4n) is 3.38. The Hall–Kier alpha value is -0.860. The summed E-state index contributed by atoms with van der Waals surface area (Å²) >= 11 is 0. The summed E-state index contributed by atoms with van der Waals surface area (Å²) in [6.45, 7) is 13.2. The first-order chi connectivity index (χ1) is 10.7. The average molecular weight is 324 g/mol. The molecule has 0 radical (unpaired) electrons. The zero-order chi connectivity index (χ0) is 17.7. The van der Waals surface area contributed by atoms with Gasteiger partial charge in [0.25, 0.3) is 0 Å². The van der Waals surface area contributed by atoms with Crippen LogP contribution in [-0.4, -0.2) is 18.2 Å². The second-order valence-corrected chi connectivity index (χ2v) is 8.30. The fraction of sp³-hybridized carbons (Fsp3) is 0.900. The van der Waals surface area contributed by atoms with Crippen molar-refractivity contribution in [2.24, 2.45) is 22.7 Å². The number of hydrogen-bond donors (Lipinski definition) is 1. The standard InChI is InChI=1S/C20H37NO2/c1-7-19(4,5)17(22)16-12-10-15(11-13-16)14-21-18(23)20(6,8-2)9-3/h15-16H,7-14H2,1-6H3,(H,21,23)/t15-,16-. The molecule has 0 spiro atoms. The summed E-state index contributed by atoms with van der Waals surface area (Å²) < 4.78 is 0. The van der Waals surface area contributed by atoms with Crippen molar-refractivity contribution in [3.63, 3.8) is 0 Å². The van der Waals surface area contributed by atoms with Gasteiger partial charge in [-0.3, -0.25) is 9.59 Å². The SMILES string of the molecule is CCC(C)(CC)C(=O)NC[C@H]1CC[C@H](C(=O)C(C)(C)CC)CC1. The van der Waals surface area contributed by atoms with Crippen LogP contribution in [0.1, 0.15) is 86.5 Å². The van der Waals surface area contributed by atoms with E-state index in [4.69, 9.17) is 0 Å². The molecule has 0 unspecified atom stereocenters. The number of hydrogen-bond acceptors (Lipinski definition) is 2. The minimum Gasteiger partial charge on any atom is -0.355 e. The van der Waals surface area contributed by atoms with Crippen molar-refractivity contribution in [1.82, 2.24) is 5.32 Å². The van der Waals surface area contributed by atoms with Gasteiger partial charge >= 0.3 is 0 Å². The molecule has 0 bridgehead atoms. The smallest absolute Gasteiger partial charge is 0.225 e. The van der Waals surface area contributed by atoms with Gasteiger partial charge in [-0.05, 0) is 50.9 Å². The van der Waals surface area contributed by atoms with E-state index in [1.165, 1.54) is 0 Å². The summed E-state index contributed by atoms with van der Waals surface area (Å²) in [5, 5.41) is 3.16. The Labute approximate surface area is 143 Å². The molecule has 3 nitrogen and oxygen atoms in total. The van der Waals surface area contributed by atoms with Crippen molar-refractivity contribution in [2.45, 2.75) is 86.5 Å². The molecule has 23 heavy (non-hydrogen) atoms. The molecule has 1 aliphatic rings. The lowest BCUT2D eigenvalue weighted by molar-refractivity contribution is -0.133. The number of ketones is 1. The molecular formula is C20H37NO2. The molecule has 0 aromatic carbocycles. The van der Waals surface area contributed by atoms with E-state index in [1.54, 1.807) is 0 Å².